The van der Waals surface area contributed by atoms with Crippen molar-refractivity contribution in [2.75, 3.05) is 19.8 Å². The van der Waals surface area contributed by atoms with Crippen LogP contribution < -0.4 is 4.74 Å². The van der Waals surface area contributed by atoms with Crippen molar-refractivity contribution in [3.63, 3.8) is 0 Å². The standard InChI is InChI=1S/C17H26O5/c1-3-20-17(21-4-2)13-22-15-11-9-14(10-12-15)7-5-6-8-16(18)19/h9-12,17H,3-8,13H2,1-2H3,(H,18,19). The van der Waals surface area contributed by atoms with Gasteiger partial charge in [0.25, 0.3) is 0 Å². The lowest BCUT2D eigenvalue weighted by molar-refractivity contribution is -0.152. The van der Waals surface area contributed by atoms with E-state index in [0.29, 0.717) is 26.2 Å². The number of carboxylic acids is 1. The summed E-state index contributed by atoms with van der Waals surface area (Å²) < 4.78 is 16.5. The number of carbonyl (C=O) groups is 1. The van der Waals surface area contributed by atoms with Gasteiger partial charge in [-0.25, -0.2) is 0 Å². The summed E-state index contributed by atoms with van der Waals surface area (Å²) in [5.74, 6) is 0.0422. The van der Waals surface area contributed by atoms with Gasteiger partial charge in [-0.05, 0) is 50.8 Å². The molecule has 1 aromatic rings. The Labute approximate surface area is 132 Å². The van der Waals surface area contributed by atoms with Crippen molar-refractivity contribution in [1.29, 1.82) is 0 Å². The van der Waals surface area contributed by atoms with Crippen LogP contribution in [0.2, 0.25) is 0 Å². The quantitative estimate of drug-likeness (QED) is 0.474. The number of benzene rings is 1. The van der Waals surface area contributed by atoms with Gasteiger partial charge in [-0.2, -0.15) is 0 Å². The second-order valence-corrected chi connectivity index (χ2v) is 4.90. The fraction of sp³-hybridized carbons (Fsp3) is 0.588. The van der Waals surface area contributed by atoms with Crippen LogP contribution in [0, 0.1) is 0 Å². The lowest BCUT2D eigenvalue weighted by Gasteiger charge is -2.17. The van der Waals surface area contributed by atoms with E-state index in [1.54, 1.807) is 0 Å². The van der Waals surface area contributed by atoms with Crippen LogP contribution in [0.5, 0.6) is 5.75 Å². The summed E-state index contributed by atoms with van der Waals surface area (Å²) in [5, 5.41) is 8.59. The highest BCUT2D eigenvalue weighted by Gasteiger charge is 2.08. The van der Waals surface area contributed by atoms with Crippen LogP contribution >= 0.6 is 0 Å². The number of aryl methyl sites for hydroxylation is 1. The second kappa shape index (κ2) is 11.0. The minimum absolute atomic E-state index is 0.234. The van der Waals surface area contributed by atoms with E-state index in [-0.39, 0.29) is 12.7 Å². The Bertz CT molecular complexity index is 410. The van der Waals surface area contributed by atoms with Gasteiger partial charge in [0, 0.05) is 19.6 Å². The van der Waals surface area contributed by atoms with Gasteiger partial charge in [0.15, 0.2) is 6.29 Å². The zero-order chi connectivity index (χ0) is 16.2. The normalized spacial score (nSPS) is 10.9. The van der Waals surface area contributed by atoms with Gasteiger partial charge in [0.05, 0.1) is 0 Å². The van der Waals surface area contributed by atoms with E-state index in [0.717, 1.165) is 18.6 Å². The third-order valence-electron chi connectivity index (χ3n) is 3.12. The first-order valence-corrected chi connectivity index (χ1v) is 7.82. The van der Waals surface area contributed by atoms with E-state index in [1.165, 1.54) is 5.56 Å². The molecule has 1 rings (SSSR count). The molecule has 0 spiro atoms. The van der Waals surface area contributed by atoms with E-state index in [2.05, 4.69) is 0 Å². The molecule has 22 heavy (non-hydrogen) atoms. The highest BCUT2D eigenvalue weighted by atomic mass is 16.7. The minimum atomic E-state index is -0.734. The third kappa shape index (κ3) is 8.00. The molecule has 0 aliphatic heterocycles. The Hall–Kier alpha value is -1.59. The van der Waals surface area contributed by atoms with Crippen LogP contribution in [-0.4, -0.2) is 37.2 Å². The molecule has 0 aliphatic carbocycles. The van der Waals surface area contributed by atoms with E-state index < -0.39 is 5.97 Å². The molecule has 0 bridgehead atoms. The number of aliphatic carboxylic acids is 1. The fourth-order valence-electron chi connectivity index (χ4n) is 2.04. The zero-order valence-electron chi connectivity index (χ0n) is 13.4. The van der Waals surface area contributed by atoms with Crippen molar-refractivity contribution in [2.45, 2.75) is 45.8 Å². The molecule has 124 valence electrons. The summed E-state index contributed by atoms with van der Waals surface area (Å²) in [6.45, 7) is 5.38. The molecule has 5 nitrogen and oxygen atoms in total. The molecule has 0 amide bonds. The van der Waals surface area contributed by atoms with Crippen LogP contribution in [0.3, 0.4) is 0 Å². The lowest BCUT2D eigenvalue weighted by atomic mass is 10.1. The molecule has 5 heteroatoms. The van der Waals surface area contributed by atoms with Gasteiger partial charge >= 0.3 is 5.97 Å². The first-order chi connectivity index (χ1) is 10.7. The Balaban J connectivity index is 2.32. The molecule has 0 fully saturated rings. The molecule has 1 N–H and O–H groups in total. The molecule has 0 atom stereocenters. The summed E-state index contributed by atoms with van der Waals surface area (Å²) in [5.41, 5.74) is 1.18. The maximum atomic E-state index is 10.4. The Morgan fingerprint density at radius 3 is 2.27 bits per heavy atom. The molecule has 0 saturated heterocycles. The van der Waals surface area contributed by atoms with Crippen molar-refractivity contribution < 1.29 is 24.1 Å². The van der Waals surface area contributed by atoms with Crippen molar-refractivity contribution >= 4 is 5.97 Å². The Morgan fingerprint density at radius 1 is 1.09 bits per heavy atom. The smallest absolute Gasteiger partial charge is 0.303 e. The van der Waals surface area contributed by atoms with Crippen LogP contribution in [0.15, 0.2) is 24.3 Å². The highest BCUT2D eigenvalue weighted by Crippen LogP contribution is 2.15. The number of unbranched alkanes of at least 4 members (excludes halogenated alkanes) is 1. The SMILES string of the molecule is CCOC(COc1ccc(CCCCC(=O)O)cc1)OCC. The minimum Gasteiger partial charge on any atom is -0.488 e. The zero-order valence-corrected chi connectivity index (χ0v) is 13.4. The maximum Gasteiger partial charge on any atom is 0.303 e. The number of hydrogen-bond donors (Lipinski definition) is 1. The largest absolute Gasteiger partial charge is 0.488 e. The summed E-state index contributed by atoms with van der Waals surface area (Å²) in [6.07, 6.45) is 2.36. The van der Waals surface area contributed by atoms with Crippen molar-refractivity contribution in [3.05, 3.63) is 29.8 Å². The molecule has 0 unspecified atom stereocenters. The van der Waals surface area contributed by atoms with E-state index >= 15 is 0 Å². The number of ether oxygens (including phenoxy) is 3. The number of hydrogen-bond acceptors (Lipinski definition) is 4. The van der Waals surface area contributed by atoms with Gasteiger partial charge in [-0.1, -0.05) is 12.1 Å². The fourth-order valence-corrected chi connectivity index (χ4v) is 2.04. The van der Waals surface area contributed by atoms with Crippen LogP contribution in [-0.2, 0) is 20.7 Å². The molecule has 0 saturated carbocycles. The van der Waals surface area contributed by atoms with Gasteiger partial charge < -0.3 is 19.3 Å². The summed E-state index contributed by atoms with van der Waals surface area (Å²) in [4.78, 5) is 10.4. The van der Waals surface area contributed by atoms with Gasteiger partial charge in [0.2, 0.25) is 0 Å². The molecule has 0 aliphatic rings. The Morgan fingerprint density at radius 2 is 1.73 bits per heavy atom. The summed E-state index contributed by atoms with van der Waals surface area (Å²) >= 11 is 0. The predicted molar refractivity (Wildman–Crippen MR) is 84.2 cm³/mol. The van der Waals surface area contributed by atoms with E-state index in [9.17, 15) is 4.79 Å². The topological polar surface area (TPSA) is 65.0 Å². The van der Waals surface area contributed by atoms with Crippen LogP contribution in [0.4, 0.5) is 0 Å². The Kier molecular flexibility index (Phi) is 9.26. The van der Waals surface area contributed by atoms with Crippen molar-refractivity contribution in [2.24, 2.45) is 0 Å². The second-order valence-electron chi connectivity index (χ2n) is 4.90. The average Bonchev–Trinajstić information content (AvgIpc) is 2.50. The number of carboxylic acid groups (broad SMARTS) is 1. The summed E-state index contributed by atoms with van der Waals surface area (Å²) in [7, 11) is 0. The first kappa shape index (κ1) is 18.5. The molecular formula is C17H26O5. The van der Waals surface area contributed by atoms with E-state index in [1.807, 2.05) is 38.1 Å². The van der Waals surface area contributed by atoms with Gasteiger partial charge in [-0.15, -0.1) is 0 Å². The first-order valence-electron chi connectivity index (χ1n) is 7.82. The third-order valence-corrected chi connectivity index (χ3v) is 3.12. The van der Waals surface area contributed by atoms with Crippen LogP contribution in [0.1, 0.15) is 38.7 Å². The molecular weight excluding hydrogens is 284 g/mol. The van der Waals surface area contributed by atoms with Gasteiger partial charge in [0.1, 0.15) is 12.4 Å². The average molecular weight is 310 g/mol. The van der Waals surface area contributed by atoms with Crippen molar-refractivity contribution in [1.82, 2.24) is 0 Å². The van der Waals surface area contributed by atoms with E-state index in [4.69, 9.17) is 19.3 Å². The molecule has 0 aromatic heterocycles. The molecule has 0 radical (unpaired) electrons. The molecule has 0 heterocycles. The lowest BCUT2D eigenvalue weighted by Crippen LogP contribution is -2.25. The van der Waals surface area contributed by atoms with Gasteiger partial charge in [-0.3, -0.25) is 4.79 Å². The number of rotatable bonds is 12. The molecule has 1 aromatic carbocycles. The predicted octanol–water partition coefficient (Wildman–Crippen LogP) is 3.26. The van der Waals surface area contributed by atoms with Crippen LogP contribution in [0.25, 0.3) is 0 Å². The van der Waals surface area contributed by atoms with Crippen molar-refractivity contribution in [3.8, 4) is 5.75 Å². The highest BCUT2D eigenvalue weighted by molar-refractivity contribution is 5.66. The monoisotopic (exact) mass is 310 g/mol. The summed E-state index contributed by atoms with van der Waals surface area (Å²) in [6, 6.07) is 7.85. The maximum absolute atomic E-state index is 10.4.